The highest BCUT2D eigenvalue weighted by Crippen LogP contribution is 2.34. The molecule has 1 nitrogen and oxygen atoms in total. The second-order valence-corrected chi connectivity index (χ2v) is 4.89. The molecule has 1 aromatic carbocycles. The van der Waals surface area contributed by atoms with Crippen LogP contribution in [0.4, 0.5) is 8.78 Å². The number of hydrogen-bond donors (Lipinski definition) is 1. The third-order valence-electron chi connectivity index (χ3n) is 2.39. The van der Waals surface area contributed by atoms with E-state index in [1.165, 1.54) is 6.07 Å². The Balaban J connectivity index is 3.21. The molecular weight excluding hydrogens is 198 g/mol. The summed E-state index contributed by atoms with van der Waals surface area (Å²) >= 11 is 0. The van der Waals surface area contributed by atoms with E-state index in [9.17, 15) is 13.9 Å². The van der Waals surface area contributed by atoms with Gasteiger partial charge in [-0.2, -0.15) is 0 Å². The van der Waals surface area contributed by atoms with E-state index in [2.05, 4.69) is 0 Å². The zero-order chi connectivity index (χ0) is 11.8. The number of aryl methyl sites for hydroxylation is 1. The molecule has 1 atom stereocenters. The zero-order valence-corrected chi connectivity index (χ0v) is 9.44. The Hall–Kier alpha value is -0.960. The van der Waals surface area contributed by atoms with Gasteiger partial charge in [0.15, 0.2) is 0 Å². The minimum absolute atomic E-state index is 0.154. The zero-order valence-electron chi connectivity index (χ0n) is 9.44. The minimum atomic E-state index is -0.934. The van der Waals surface area contributed by atoms with Crippen LogP contribution in [0.5, 0.6) is 0 Å². The van der Waals surface area contributed by atoms with Crippen LogP contribution >= 0.6 is 0 Å². The van der Waals surface area contributed by atoms with Crippen LogP contribution in [0.15, 0.2) is 12.1 Å². The predicted octanol–water partition coefficient (Wildman–Crippen LogP) is 3.35. The second kappa shape index (κ2) is 3.89. The van der Waals surface area contributed by atoms with Gasteiger partial charge in [0.1, 0.15) is 11.6 Å². The number of aliphatic hydroxyl groups is 1. The molecule has 15 heavy (non-hydrogen) atoms. The molecule has 0 aliphatic rings. The van der Waals surface area contributed by atoms with Gasteiger partial charge in [-0.05, 0) is 24.0 Å². The van der Waals surface area contributed by atoms with Gasteiger partial charge >= 0.3 is 0 Å². The topological polar surface area (TPSA) is 20.2 Å². The molecule has 0 fully saturated rings. The summed E-state index contributed by atoms with van der Waals surface area (Å²) in [6.07, 6.45) is -0.934. The van der Waals surface area contributed by atoms with Crippen molar-refractivity contribution in [2.45, 2.75) is 33.8 Å². The summed E-state index contributed by atoms with van der Waals surface area (Å²) in [5.74, 6) is -1.28. The first kappa shape index (κ1) is 12.1. The lowest BCUT2D eigenvalue weighted by molar-refractivity contribution is 0.0593. The van der Waals surface area contributed by atoms with E-state index in [0.717, 1.165) is 6.07 Å². The largest absolute Gasteiger partial charge is 0.388 e. The molecule has 1 rings (SSSR count). The Bertz CT molecular complexity index is 367. The molecule has 0 saturated heterocycles. The summed E-state index contributed by atoms with van der Waals surface area (Å²) < 4.78 is 26.4. The molecule has 0 bridgehead atoms. The van der Waals surface area contributed by atoms with Crippen molar-refractivity contribution in [3.05, 3.63) is 34.9 Å². The van der Waals surface area contributed by atoms with Gasteiger partial charge < -0.3 is 5.11 Å². The van der Waals surface area contributed by atoms with E-state index in [0.29, 0.717) is 5.56 Å². The average Bonchev–Trinajstić information content (AvgIpc) is 2.08. The average molecular weight is 214 g/mol. The first-order valence-corrected chi connectivity index (χ1v) is 4.87. The third kappa shape index (κ3) is 2.53. The summed E-state index contributed by atoms with van der Waals surface area (Å²) in [4.78, 5) is 0. The molecule has 3 heteroatoms. The summed E-state index contributed by atoms with van der Waals surface area (Å²) in [5.41, 5.74) is 0.0292. The molecule has 1 N–H and O–H groups in total. The van der Waals surface area contributed by atoms with Crippen LogP contribution in [-0.4, -0.2) is 5.11 Å². The molecule has 0 aliphatic heterocycles. The Morgan fingerprint density at radius 2 is 1.67 bits per heavy atom. The highest BCUT2D eigenvalue weighted by molar-refractivity contribution is 5.28. The Morgan fingerprint density at radius 1 is 1.13 bits per heavy atom. The molecule has 1 unspecified atom stereocenters. The number of benzene rings is 1. The van der Waals surface area contributed by atoms with Crippen LogP contribution in [0.2, 0.25) is 0 Å². The molecule has 84 valence electrons. The van der Waals surface area contributed by atoms with Crippen LogP contribution in [0.25, 0.3) is 0 Å². The fourth-order valence-electron chi connectivity index (χ4n) is 1.36. The van der Waals surface area contributed by atoms with Crippen molar-refractivity contribution in [1.29, 1.82) is 0 Å². The molecule has 1 aromatic rings. The van der Waals surface area contributed by atoms with Crippen LogP contribution in [0, 0.1) is 24.0 Å². The van der Waals surface area contributed by atoms with Crippen molar-refractivity contribution in [2.24, 2.45) is 5.41 Å². The fourth-order valence-corrected chi connectivity index (χ4v) is 1.36. The molecule has 0 radical (unpaired) electrons. The first-order valence-electron chi connectivity index (χ1n) is 4.87. The Morgan fingerprint density at radius 3 is 2.13 bits per heavy atom. The maximum absolute atomic E-state index is 13.4. The third-order valence-corrected chi connectivity index (χ3v) is 2.39. The van der Waals surface area contributed by atoms with Gasteiger partial charge in [-0.3, -0.25) is 0 Å². The smallest absolute Gasteiger partial charge is 0.131 e. The van der Waals surface area contributed by atoms with Crippen molar-refractivity contribution >= 4 is 0 Å². The monoisotopic (exact) mass is 214 g/mol. The highest BCUT2D eigenvalue weighted by Gasteiger charge is 2.26. The summed E-state index contributed by atoms with van der Waals surface area (Å²) in [5, 5.41) is 9.89. The quantitative estimate of drug-likeness (QED) is 0.760. The lowest BCUT2D eigenvalue weighted by Crippen LogP contribution is -2.19. The Kier molecular flexibility index (Phi) is 3.14. The van der Waals surface area contributed by atoms with Gasteiger partial charge in [0.25, 0.3) is 0 Å². The van der Waals surface area contributed by atoms with Gasteiger partial charge in [-0.15, -0.1) is 0 Å². The van der Waals surface area contributed by atoms with E-state index in [4.69, 9.17) is 0 Å². The maximum atomic E-state index is 13.4. The van der Waals surface area contributed by atoms with Gasteiger partial charge in [0.2, 0.25) is 0 Å². The number of hydrogen-bond acceptors (Lipinski definition) is 1. The van der Waals surface area contributed by atoms with Gasteiger partial charge in [0.05, 0.1) is 6.10 Å². The number of rotatable bonds is 1. The van der Waals surface area contributed by atoms with E-state index in [1.54, 1.807) is 27.7 Å². The molecular formula is C12H16F2O. The van der Waals surface area contributed by atoms with Gasteiger partial charge in [-0.1, -0.05) is 20.8 Å². The van der Waals surface area contributed by atoms with Crippen LogP contribution in [-0.2, 0) is 0 Å². The SMILES string of the molecule is Cc1cc(C(O)C(C)(C)C)c(F)cc1F. The summed E-state index contributed by atoms with van der Waals surface area (Å²) in [7, 11) is 0. The molecule has 0 heterocycles. The molecule has 0 aromatic heterocycles. The minimum Gasteiger partial charge on any atom is -0.388 e. The summed E-state index contributed by atoms with van der Waals surface area (Å²) in [6.45, 7) is 6.95. The summed E-state index contributed by atoms with van der Waals surface area (Å²) in [6, 6.07) is 2.18. The van der Waals surface area contributed by atoms with Crippen LogP contribution in [0.1, 0.15) is 38.0 Å². The first-order chi connectivity index (χ1) is 6.73. The van der Waals surface area contributed by atoms with Crippen molar-refractivity contribution in [3.8, 4) is 0 Å². The van der Waals surface area contributed by atoms with Crippen LogP contribution in [0.3, 0.4) is 0 Å². The number of aliphatic hydroxyl groups excluding tert-OH is 1. The number of halogens is 2. The molecule has 0 aliphatic carbocycles. The van der Waals surface area contributed by atoms with Crippen molar-refractivity contribution in [3.63, 3.8) is 0 Å². The van der Waals surface area contributed by atoms with Gasteiger partial charge in [-0.25, -0.2) is 8.78 Å². The lowest BCUT2D eigenvalue weighted by Gasteiger charge is -2.26. The van der Waals surface area contributed by atoms with Crippen LogP contribution < -0.4 is 0 Å². The Labute approximate surface area is 88.7 Å². The van der Waals surface area contributed by atoms with Crippen molar-refractivity contribution in [1.82, 2.24) is 0 Å². The fraction of sp³-hybridized carbons (Fsp3) is 0.500. The molecule has 0 saturated carbocycles. The normalized spacial score (nSPS) is 14.1. The van der Waals surface area contributed by atoms with Gasteiger partial charge in [0, 0.05) is 11.6 Å². The van der Waals surface area contributed by atoms with E-state index in [-0.39, 0.29) is 5.56 Å². The molecule has 0 amide bonds. The van der Waals surface area contributed by atoms with E-state index < -0.39 is 23.2 Å². The van der Waals surface area contributed by atoms with E-state index >= 15 is 0 Å². The standard InChI is InChI=1S/C12H16F2O/c1-7-5-8(10(14)6-9(7)13)11(15)12(2,3)4/h5-6,11,15H,1-4H3. The predicted molar refractivity (Wildman–Crippen MR) is 55.5 cm³/mol. The lowest BCUT2D eigenvalue weighted by atomic mass is 9.84. The van der Waals surface area contributed by atoms with Crippen molar-refractivity contribution in [2.75, 3.05) is 0 Å². The van der Waals surface area contributed by atoms with Crippen molar-refractivity contribution < 1.29 is 13.9 Å². The second-order valence-electron chi connectivity index (χ2n) is 4.89. The molecule has 0 spiro atoms. The maximum Gasteiger partial charge on any atom is 0.131 e. The highest BCUT2D eigenvalue weighted by atomic mass is 19.1. The van der Waals surface area contributed by atoms with E-state index in [1.807, 2.05) is 0 Å².